The molecule has 150 valence electrons. The van der Waals surface area contributed by atoms with Crippen LogP contribution < -0.4 is 10.2 Å². The number of nitrogens with zero attached hydrogens (tertiary/aromatic N) is 2. The van der Waals surface area contributed by atoms with E-state index < -0.39 is 5.60 Å². The predicted octanol–water partition coefficient (Wildman–Crippen LogP) is 5.31. The molecule has 1 aliphatic heterocycles. The van der Waals surface area contributed by atoms with Crippen LogP contribution in [0.15, 0.2) is 34.2 Å². The van der Waals surface area contributed by atoms with Crippen LogP contribution in [0.1, 0.15) is 50.8 Å². The number of amides is 1. The molecule has 2 aromatic rings. The lowest BCUT2D eigenvalue weighted by atomic mass is 9.73. The van der Waals surface area contributed by atoms with Crippen LogP contribution in [0.5, 0.6) is 0 Å². The van der Waals surface area contributed by atoms with Gasteiger partial charge in [0, 0.05) is 18.5 Å². The van der Waals surface area contributed by atoms with Gasteiger partial charge in [-0.3, -0.25) is 0 Å². The average molecular weight is 464 g/mol. The minimum absolute atomic E-state index is 0.0104. The molecule has 1 spiro atoms. The maximum absolute atomic E-state index is 12.6. The molecule has 0 saturated carbocycles. The molecule has 1 N–H and O–H groups in total. The average Bonchev–Trinajstić information content (AvgIpc) is 3.17. The zero-order chi connectivity index (χ0) is 19.9. The molecule has 1 saturated heterocycles. The van der Waals surface area contributed by atoms with Crippen molar-refractivity contribution in [1.29, 1.82) is 0 Å². The van der Waals surface area contributed by atoms with Gasteiger partial charge in [0.25, 0.3) is 0 Å². The number of benzene rings is 1. The highest BCUT2D eigenvalue weighted by Crippen LogP contribution is 2.52. The van der Waals surface area contributed by atoms with Gasteiger partial charge in [-0.2, -0.15) is 0 Å². The number of nitrogens with one attached hydrogen (secondary N) is 1. The fraction of sp³-hybridized carbons (Fsp3) is 0.524. The van der Waals surface area contributed by atoms with E-state index in [-0.39, 0.29) is 17.6 Å². The number of hydrogen-bond acceptors (Lipinski definition) is 5. The molecule has 2 aliphatic rings. The Balaban J connectivity index is 1.54. The van der Waals surface area contributed by atoms with Gasteiger partial charge in [0.05, 0.1) is 16.0 Å². The number of carbonyl (C=O) groups excluding carboxylic acids is 1. The number of thiazole rings is 1. The van der Waals surface area contributed by atoms with E-state index in [1.807, 2.05) is 27.0 Å². The monoisotopic (exact) mass is 463 g/mol. The lowest BCUT2D eigenvalue weighted by molar-refractivity contribution is 0.0428. The summed E-state index contributed by atoms with van der Waals surface area (Å²) in [4.78, 5) is 19.4. The van der Waals surface area contributed by atoms with Gasteiger partial charge in [-0.25, -0.2) is 9.78 Å². The second kappa shape index (κ2) is 7.34. The van der Waals surface area contributed by atoms with Crippen LogP contribution >= 0.6 is 27.3 Å². The van der Waals surface area contributed by atoms with E-state index in [2.05, 4.69) is 55.4 Å². The number of aromatic nitrogens is 1. The quantitative estimate of drug-likeness (QED) is 0.654. The van der Waals surface area contributed by atoms with E-state index in [0.29, 0.717) is 0 Å². The summed E-state index contributed by atoms with van der Waals surface area (Å²) in [5.41, 5.74) is 2.11. The smallest absolute Gasteiger partial charge is 0.408 e. The van der Waals surface area contributed by atoms with Gasteiger partial charge >= 0.3 is 6.09 Å². The van der Waals surface area contributed by atoms with Crippen molar-refractivity contribution in [3.05, 3.63) is 45.4 Å². The first kappa shape index (κ1) is 19.7. The Kier molecular flexibility index (Phi) is 5.16. The maximum Gasteiger partial charge on any atom is 0.408 e. The molecule has 2 heterocycles. The van der Waals surface area contributed by atoms with Crippen molar-refractivity contribution in [2.24, 2.45) is 5.41 Å². The number of alkyl carbamates (subject to hydrolysis) is 1. The third-order valence-electron chi connectivity index (χ3n) is 5.68. The number of anilines is 1. The molecule has 0 unspecified atom stereocenters. The van der Waals surface area contributed by atoms with Crippen molar-refractivity contribution < 1.29 is 9.53 Å². The number of piperidine rings is 1. The highest BCUT2D eigenvalue weighted by atomic mass is 79.9. The van der Waals surface area contributed by atoms with Gasteiger partial charge in [0.15, 0.2) is 5.13 Å². The zero-order valence-electron chi connectivity index (χ0n) is 16.5. The maximum atomic E-state index is 12.6. The van der Waals surface area contributed by atoms with Crippen LogP contribution in [0.4, 0.5) is 9.93 Å². The molecule has 1 aromatic heterocycles. The first-order chi connectivity index (χ1) is 13.3. The molecule has 1 atom stereocenters. The lowest BCUT2D eigenvalue weighted by Crippen LogP contribution is -2.47. The third-order valence-corrected chi connectivity index (χ3v) is 7.21. The van der Waals surface area contributed by atoms with Gasteiger partial charge < -0.3 is 15.0 Å². The SMILES string of the molecule is CC(C)(C)OC(=O)N[C@@H]1c2ccccc2CC12CCN(c1ncc(Br)s1)CC2. The molecular weight excluding hydrogens is 438 g/mol. The van der Waals surface area contributed by atoms with E-state index in [1.165, 1.54) is 11.1 Å². The summed E-state index contributed by atoms with van der Waals surface area (Å²) < 4.78 is 6.62. The number of ether oxygens (including phenoxy) is 1. The number of halogens is 1. The molecule has 0 bridgehead atoms. The van der Waals surface area contributed by atoms with E-state index in [1.54, 1.807) is 11.3 Å². The molecule has 1 amide bonds. The number of carbonyl (C=O) groups is 1. The molecule has 4 rings (SSSR count). The highest BCUT2D eigenvalue weighted by molar-refractivity contribution is 9.11. The zero-order valence-corrected chi connectivity index (χ0v) is 18.9. The molecule has 1 aromatic carbocycles. The van der Waals surface area contributed by atoms with E-state index >= 15 is 0 Å². The Hall–Kier alpha value is -1.60. The van der Waals surface area contributed by atoms with Crippen LogP contribution in [0.3, 0.4) is 0 Å². The van der Waals surface area contributed by atoms with Crippen LogP contribution in [0.2, 0.25) is 0 Å². The van der Waals surface area contributed by atoms with Crippen molar-refractivity contribution in [2.75, 3.05) is 18.0 Å². The van der Waals surface area contributed by atoms with E-state index in [0.717, 1.165) is 41.3 Å². The lowest BCUT2D eigenvalue weighted by Gasteiger charge is -2.43. The number of hydrogen-bond donors (Lipinski definition) is 1. The Morgan fingerprint density at radius 2 is 2.04 bits per heavy atom. The Bertz CT molecular complexity index is 869. The standard InChI is InChI=1S/C21H26BrN3O2S/c1-20(2,3)27-19(26)24-17-15-7-5-4-6-14(15)12-21(17)8-10-25(11-9-21)18-23-13-16(22)28-18/h4-7,13,17H,8-12H2,1-3H3,(H,24,26)/t17-/m1/s1. The predicted molar refractivity (Wildman–Crippen MR) is 116 cm³/mol. The van der Waals surface area contributed by atoms with Crippen LogP contribution in [0, 0.1) is 5.41 Å². The van der Waals surface area contributed by atoms with Gasteiger partial charge in [-0.1, -0.05) is 35.6 Å². The third kappa shape index (κ3) is 3.92. The molecular formula is C21H26BrN3O2S. The summed E-state index contributed by atoms with van der Waals surface area (Å²) in [6.45, 7) is 7.58. The normalized spacial score (nSPS) is 20.9. The fourth-order valence-corrected chi connectivity index (χ4v) is 5.68. The molecule has 7 heteroatoms. The number of fused-ring (bicyclic) bond motifs is 1. The number of rotatable bonds is 2. The highest BCUT2D eigenvalue weighted by Gasteiger charge is 2.48. The summed E-state index contributed by atoms with van der Waals surface area (Å²) in [6.07, 6.45) is 4.56. The first-order valence-electron chi connectivity index (χ1n) is 9.69. The van der Waals surface area contributed by atoms with Crippen LogP contribution in [-0.4, -0.2) is 29.8 Å². The van der Waals surface area contributed by atoms with Crippen molar-refractivity contribution >= 4 is 38.5 Å². The first-order valence-corrected chi connectivity index (χ1v) is 11.3. The van der Waals surface area contributed by atoms with Gasteiger partial charge in [0.2, 0.25) is 0 Å². The molecule has 1 aliphatic carbocycles. The van der Waals surface area contributed by atoms with Crippen molar-refractivity contribution in [1.82, 2.24) is 10.3 Å². The Labute approximate surface area is 178 Å². The van der Waals surface area contributed by atoms with Crippen LogP contribution in [-0.2, 0) is 11.2 Å². The summed E-state index contributed by atoms with van der Waals surface area (Å²) in [7, 11) is 0. The van der Waals surface area contributed by atoms with Gasteiger partial charge in [-0.15, -0.1) is 0 Å². The fourth-order valence-electron chi connectivity index (χ4n) is 4.45. The summed E-state index contributed by atoms with van der Waals surface area (Å²) in [6, 6.07) is 8.48. The topological polar surface area (TPSA) is 54.5 Å². The largest absolute Gasteiger partial charge is 0.444 e. The van der Waals surface area contributed by atoms with Crippen molar-refractivity contribution in [3.8, 4) is 0 Å². The molecule has 28 heavy (non-hydrogen) atoms. The Morgan fingerprint density at radius 1 is 1.32 bits per heavy atom. The summed E-state index contributed by atoms with van der Waals surface area (Å²) >= 11 is 5.18. The molecule has 0 radical (unpaired) electrons. The van der Waals surface area contributed by atoms with Gasteiger partial charge in [0.1, 0.15) is 5.60 Å². The van der Waals surface area contributed by atoms with E-state index in [9.17, 15) is 4.79 Å². The summed E-state index contributed by atoms with van der Waals surface area (Å²) in [5, 5.41) is 4.27. The minimum atomic E-state index is -0.503. The van der Waals surface area contributed by atoms with Crippen molar-refractivity contribution in [2.45, 2.75) is 51.7 Å². The molecule has 5 nitrogen and oxygen atoms in total. The van der Waals surface area contributed by atoms with Crippen molar-refractivity contribution in [3.63, 3.8) is 0 Å². The second-order valence-corrected chi connectivity index (χ2v) is 11.1. The minimum Gasteiger partial charge on any atom is -0.444 e. The second-order valence-electron chi connectivity index (χ2n) is 8.75. The molecule has 1 fully saturated rings. The Morgan fingerprint density at radius 3 is 2.68 bits per heavy atom. The van der Waals surface area contributed by atoms with Gasteiger partial charge in [-0.05, 0) is 67.1 Å². The van der Waals surface area contributed by atoms with Crippen LogP contribution in [0.25, 0.3) is 0 Å². The van der Waals surface area contributed by atoms with E-state index in [4.69, 9.17) is 4.74 Å². The summed E-state index contributed by atoms with van der Waals surface area (Å²) in [5.74, 6) is 0.